The predicted molar refractivity (Wildman–Crippen MR) is 108 cm³/mol. The molecule has 3 rings (SSSR count). The SMILES string of the molecule is CCOc1ccccc1-c1cc(C(=O)N/N=C(\C)c2ccc([N+](=O)[O-])cc2)[nH]n1. The topological polar surface area (TPSA) is 123 Å². The van der Waals surface area contributed by atoms with E-state index in [1.54, 1.807) is 25.1 Å². The van der Waals surface area contributed by atoms with E-state index in [2.05, 4.69) is 20.7 Å². The van der Waals surface area contributed by atoms with Crippen LogP contribution >= 0.6 is 0 Å². The van der Waals surface area contributed by atoms with Gasteiger partial charge < -0.3 is 4.74 Å². The summed E-state index contributed by atoms with van der Waals surface area (Å²) in [5, 5.41) is 21.6. The molecule has 0 fully saturated rings. The van der Waals surface area contributed by atoms with Gasteiger partial charge in [-0.05, 0) is 49.7 Å². The van der Waals surface area contributed by atoms with Crippen LogP contribution < -0.4 is 10.2 Å². The minimum absolute atomic E-state index is 0.0112. The van der Waals surface area contributed by atoms with Gasteiger partial charge in [0.25, 0.3) is 11.6 Å². The van der Waals surface area contributed by atoms with Gasteiger partial charge in [-0.15, -0.1) is 0 Å². The van der Waals surface area contributed by atoms with Crippen molar-refractivity contribution in [2.45, 2.75) is 13.8 Å². The first-order valence-corrected chi connectivity index (χ1v) is 8.86. The number of aromatic nitrogens is 2. The summed E-state index contributed by atoms with van der Waals surface area (Å²) in [6.45, 7) is 4.11. The first kappa shape index (κ1) is 19.7. The highest BCUT2D eigenvalue weighted by atomic mass is 16.6. The molecule has 0 saturated carbocycles. The Hall–Kier alpha value is -4.01. The normalized spacial score (nSPS) is 11.2. The second kappa shape index (κ2) is 8.79. The number of nitro groups is 1. The summed E-state index contributed by atoms with van der Waals surface area (Å²) >= 11 is 0. The van der Waals surface area contributed by atoms with Crippen molar-refractivity contribution in [3.05, 3.63) is 76.0 Å². The fourth-order valence-corrected chi connectivity index (χ4v) is 2.62. The number of para-hydroxylation sites is 1. The number of nitro benzene ring substituents is 1. The Kier molecular flexibility index (Phi) is 5.98. The number of hydrazone groups is 1. The van der Waals surface area contributed by atoms with Crippen LogP contribution in [0, 0.1) is 10.1 Å². The smallest absolute Gasteiger partial charge is 0.289 e. The fourth-order valence-electron chi connectivity index (χ4n) is 2.62. The van der Waals surface area contributed by atoms with Crippen molar-refractivity contribution < 1.29 is 14.5 Å². The largest absolute Gasteiger partial charge is 0.493 e. The minimum Gasteiger partial charge on any atom is -0.493 e. The van der Waals surface area contributed by atoms with Crippen LogP contribution in [0.3, 0.4) is 0 Å². The van der Waals surface area contributed by atoms with Crippen LogP contribution in [0.15, 0.2) is 59.7 Å². The number of benzene rings is 2. The van der Waals surface area contributed by atoms with Crippen LogP contribution in [0.5, 0.6) is 5.75 Å². The van der Waals surface area contributed by atoms with Gasteiger partial charge in [0.05, 0.1) is 22.9 Å². The molecule has 9 heteroatoms. The summed E-state index contributed by atoms with van der Waals surface area (Å²) < 4.78 is 5.59. The van der Waals surface area contributed by atoms with E-state index in [1.807, 2.05) is 31.2 Å². The van der Waals surface area contributed by atoms with E-state index >= 15 is 0 Å². The molecule has 9 nitrogen and oxygen atoms in total. The average molecular weight is 393 g/mol. The average Bonchev–Trinajstić information content (AvgIpc) is 3.22. The quantitative estimate of drug-likeness (QED) is 0.361. The number of aromatic amines is 1. The number of nitrogens with one attached hydrogen (secondary N) is 2. The number of nitrogens with zero attached hydrogens (tertiary/aromatic N) is 3. The summed E-state index contributed by atoms with van der Waals surface area (Å²) in [6, 6.07) is 15.0. The summed E-state index contributed by atoms with van der Waals surface area (Å²) in [5.74, 6) is 0.222. The van der Waals surface area contributed by atoms with Crippen molar-refractivity contribution in [1.82, 2.24) is 15.6 Å². The summed E-state index contributed by atoms with van der Waals surface area (Å²) in [5.41, 5.74) is 5.20. The molecular weight excluding hydrogens is 374 g/mol. The standard InChI is InChI=1S/C20H19N5O4/c1-3-29-19-7-5-4-6-16(19)17-12-18(23-22-17)20(26)24-21-13(2)14-8-10-15(11-9-14)25(27)28/h4-12H,3H2,1-2H3,(H,22,23)(H,24,26)/b21-13+. The van der Waals surface area contributed by atoms with Crippen LogP contribution in [-0.2, 0) is 0 Å². The molecule has 0 aliphatic rings. The zero-order chi connectivity index (χ0) is 20.8. The van der Waals surface area contributed by atoms with Crippen LogP contribution in [0.4, 0.5) is 5.69 Å². The van der Waals surface area contributed by atoms with E-state index < -0.39 is 10.8 Å². The maximum atomic E-state index is 12.4. The van der Waals surface area contributed by atoms with Crippen molar-refractivity contribution in [3.8, 4) is 17.0 Å². The molecule has 148 valence electrons. The number of carbonyl (C=O) groups is 1. The van der Waals surface area contributed by atoms with E-state index in [9.17, 15) is 14.9 Å². The number of amides is 1. The number of hydrogen-bond donors (Lipinski definition) is 2. The summed E-state index contributed by atoms with van der Waals surface area (Å²) in [6.07, 6.45) is 0. The third-order valence-electron chi connectivity index (χ3n) is 4.11. The van der Waals surface area contributed by atoms with Crippen LogP contribution in [-0.4, -0.2) is 33.3 Å². The van der Waals surface area contributed by atoms with Gasteiger partial charge >= 0.3 is 0 Å². The molecule has 0 spiro atoms. The molecule has 0 unspecified atom stereocenters. The highest BCUT2D eigenvalue weighted by Gasteiger charge is 2.14. The number of rotatable bonds is 7. The third kappa shape index (κ3) is 4.64. The Morgan fingerprint density at radius 3 is 2.66 bits per heavy atom. The molecular formula is C20H19N5O4. The number of H-pyrrole nitrogens is 1. The maximum absolute atomic E-state index is 12.4. The van der Waals surface area contributed by atoms with E-state index in [0.29, 0.717) is 29.3 Å². The first-order valence-electron chi connectivity index (χ1n) is 8.86. The van der Waals surface area contributed by atoms with Crippen LogP contribution in [0.25, 0.3) is 11.3 Å². The highest BCUT2D eigenvalue weighted by molar-refractivity contribution is 6.00. The highest BCUT2D eigenvalue weighted by Crippen LogP contribution is 2.28. The fraction of sp³-hybridized carbons (Fsp3) is 0.150. The zero-order valence-electron chi connectivity index (χ0n) is 15.9. The molecule has 1 aromatic heterocycles. The van der Waals surface area contributed by atoms with Gasteiger partial charge in [-0.3, -0.25) is 20.0 Å². The number of ether oxygens (including phenoxy) is 1. The van der Waals surface area contributed by atoms with Crippen LogP contribution in [0.1, 0.15) is 29.9 Å². The molecule has 0 bridgehead atoms. The molecule has 0 aliphatic heterocycles. The predicted octanol–water partition coefficient (Wildman–Crippen LogP) is 3.54. The molecule has 0 atom stereocenters. The lowest BCUT2D eigenvalue weighted by Crippen LogP contribution is -2.19. The zero-order valence-corrected chi connectivity index (χ0v) is 15.9. The lowest BCUT2D eigenvalue weighted by Gasteiger charge is -2.07. The Labute approximate surface area is 166 Å². The third-order valence-corrected chi connectivity index (χ3v) is 4.11. The molecule has 1 heterocycles. The number of carbonyl (C=O) groups excluding carboxylic acids is 1. The monoisotopic (exact) mass is 393 g/mol. The molecule has 29 heavy (non-hydrogen) atoms. The molecule has 0 aliphatic carbocycles. The number of non-ortho nitro benzene ring substituents is 1. The second-order valence-electron chi connectivity index (χ2n) is 6.04. The van der Waals surface area contributed by atoms with Gasteiger partial charge in [-0.25, -0.2) is 5.43 Å². The van der Waals surface area contributed by atoms with E-state index in [-0.39, 0.29) is 11.4 Å². The Bertz CT molecular complexity index is 1060. The van der Waals surface area contributed by atoms with Crippen molar-refractivity contribution in [2.75, 3.05) is 6.61 Å². The lowest BCUT2D eigenvalue weighted by molar-refractivity contribution is -0.384. The van der Waals surface area contributed by atoms with Crippen molar-refractivity contribution in [2.24, 2.45) is 5.10 Å². The molecule has 0 radical (unpaired) electrons. The number of hydrogen-bond acceptors (Lipinski definition) is 6. The van der Waals surface area contributed by atoms with Crippen molar-refractivity contribution >= 4 is 17.3 Å². The van der Waals surface area contributed by atoms with Gasteiger partial charge in [0, 0.05) is 17.7 Å². The Balaban J connectivity index is 1.72. The van der Waals surface area contributed by atoms with Gasteiger partial charge in [0.2, 0.25) is 0 Å². The first-order chi connectivity index (χ1) is 14.0. The van der Waals surface area contributed by atoms with Gasteiger partial charge in [0.15, 0.2) is 0 Å². The second-order valence-corrected chi connectivity index (χ2v) is 6.04. The Morgan fingerprint density at radius 2 is 1.97 bits per heavy atom. The molecule has 2 N–H and O–H groups in total. The van der Waals surface area contributed by atoms with Gasteiger partial charge in [-0.1, -0.05) is 12.1 Å². The van der Waals surface area contributed by atoms with Gasteiger partial charge in [-0.2, -0.15) is 10.2 Å². The molecule has 3 aromatic rings. The van der Waals surface area contributed by atoms with Gasteiger partial charge in [0.1, 0.15) is 11.4 Å². The van der Waals surface area contributed by atoms with Crippen molar-refractivity contribution in [1.29, 1.82) is 0 Å². The van der Waals surface area contributed by atoms with E-state index in [0.717, 1.165) is 5.56 Å². The van der Waals surface area contributed by atoms with E-state index in [1.165, 1.54) is 12.1 Å². The van der Waals surface area contributed by atoms with Crippen molar-refractivity contribution in [3.63, 3.8) is 0 Å². The molecule has 0 saturated heterocycles. The molecule has 2 aromatic carbocycles. The summed E-state index contributed by atoms with van der Waals surface area (Å²) in [7, 11) is 0. The van der Waals surface area contributed by atoms with E-state index in [4.69, 9.17) is 4.74 Å². The molecule has 1 amide bonds. The lowest BCUT2D eigenvalue weighted by atomic mass is 10.1. The Morgan fingerprint density at radius 1 is 1.24 bits per heavy atom. The minimum atomic E-state index is -0.475. The van der Waals surface area contributed by atoms with Crippen LogP contribution in [0.2, 0.25) is 0 Å². The maximum Gasteiger partial charge on any atom is 0.289 e. The summed E-state index contributed by atoms with van der Waals surface area (Å²) in [4.78, 5) is 22.6.